The van der Waals surface area contributed by atoms with Gasteiger partial charge < -0.3 is 5.32 Å². The Morgan fingerprint density at radius 1 is 1.53 bits per heavy atom. The van der Waals surface area contributed by atoms with Crippen molar-refractivity contribution >= 4 is 5.69 Å². The molecule has 3 heteroatoms. The second kappa shape index (κ2) is 4.48. The van der Waals surface area contributed by atoms with E-state index in [2.05, 4.69) is 22.3 Å². The van der Waals surface area contributed by atoms with E-state index in [1.807, 2.05) is 26.0 Å². The molecule has 0 aliphatic heterocycles. The zero-order chi connectivity index (χ0) is 11.3. The molecule has 0 atom stereocenters. The predicted octanol–water partition coefficient (Wildman–Crippen LogP) is 1.93. The van der Waals surface area contributed by atoms with E-state index in [1.165, 1.54) is 0 Å². The van der Waals surface area contributed by atoms with E-state index in [9.17, 15) is 0 Å². The number of pyridine rings is 1. The fourth-order valence-corrected chi connectivity index (χ4v) is 1.08. The van der Waals surface area contributed by atoms with Crippen LogP contribution in [-0.2, 0) is 5.41 Å². The molecule has 76 valence electrons. The number of nitriles is 1. The van der Waals surface area contributed by atoms with Crippen LogP contribution in [0.2, 0.25) is 0 Å². The summed E-state index contributed by atoms with van der Waals surface area (Å²) < 4.78 is 0. The van der Waals surface area contributed by atoms with Crippen LogP contribution in [0.15, 0.2) is 18.3 Å². The van der Waals surface area contributed by atoms with E-state index >= 15 is 0 Å². The molecule has 0 radical (unpaired) electrons. The lowest BCUT2D eigenvalue weighted by Crippen LogP contribution is -2.15. The van der Waals surface area contributed by atoms with Crippen LogP contribution >= 0.6 is 0 Å². The van der Waals surface area contributed by atoms with Crippen molar-refractivity contribution in [1.82, 2.24) is 4.98 Å². The maximum Gasteiger partial charge on any atom is 0.0937 e. The van der Waals surface area contributed by atoms with Crippen molar-refractivity contribution < 1.29 is 0 Å². The van der Waals surface area contributed by atoms with Crippen LogP contribution in [0.1, 0.15) is 19.5 Å². The van der Waals surface area contributed by atoms with E-state index in [-0.39, 0.29) is 0 Å². The summed E-state index contributed by atoms with van der Waals surface area (Å²) in [6.45, 7) is 4.15. The number of nitrogens with one attached hydrogen (secondary N) is 1. The molecule has 0 aromatic carbocycles. The van der Waals surface area contributed by atoms with Gasteiger partial charge in [0.1, 0.15) is 0 Å². The summed E-state index contributed by atoms with van der Waals surface area (Å²) in [5, 5.41) is 11.9. The Hall–Kier alpha value is -2.00. The summed E-state index contributed by atoms with van der Waals surface area (Å²) >= 11 is 0. The SMILES string of the molecule is C#CCNc1ccc(C(C)(C)C#N)nc1. The molecule has 1 aromatic rings. The largest absolute Gasteiger partial charge is 0.373 e. The Balaban J connectivity index is 2.83. The third-order valence-corrected chi connectivity index (χ3v) is 2.08. The lowest BCUT2D eigenvalue weighted by molar-refractivity contribution is 0.660. The first-order chi connectivity index (χ1) is 7.10. The van der Waals surface area contributed by atoms with E-state index in [4.69, 9.17) is 11.7 Å². The van der Waals surface area contributed by atoms with Crippen LogP contribution in [0, 0.1) is 23.7 Å². The van der Waals surface area contributed by atoms with Gasteiger partial charge in [-0.15, -0.1) is 6.42 Å². The van der Waals surface area contributed by atoms with E-state index < -0.39 is 5.41 Å². The standard InChI is InChI=1S/C12H13N3/c1-4-7-14-10-5-6-11(15-8-10)12(2,3)9-13/h1,5-6,8,14H,7H2,2-3H3. The van der Waals surface area contributed by atoms with Gasteiger partial charge in [0.25, 0.3) is 0 Å². The van der Waals surface area contributed by atoms with Gasteiger partial charge in [-0.1, -0.05) is 5.92 Å². The molecule has 0 aliphatic carbocycles. The minimum atomic E-state index is -0.551. The molecule has 0 amide bonds. The lowest BCUT2D eigenvalue weighted by atomic mass is 9.91. The molecular weight excluding hydrogens is 186 g/mol. The topological polar surface area (TPSA) is 48.7 Å². The summed E-state index contributed by atoms with van der Waals surface area (Å²) in [5.74, 6) is 2.48. The normalized spacial score (nSPS) is 10.1. The Kier molecular flexibility index (Phi) is 3.31. The van der Waals surface area contributed by atoms with Crippen molar-refractivity contribution in [2.45, 2.75) is 19.3 Å². The lowest BCUT2D eigenvalue weighted by Gasteiger charge is -2.14. The van der Waals surface area contributed by atoms with Crippen LogP contribution in [-0.4, -0.2) is 11.5 Å². The van der Waals surface area contributed by atoms with Crippen LogP contribution < -0.4 is 5.32 Å². The van der Waals surface area contributed by atoms with Gasteiger partial charge in [-0.3, -0.25) is 4.98 Å². The van der Waals surface area contributed by atoms with Gasteiger partial charge in [0.2, 0.25) is 0 Å². The average Bonchev–Trinajstić information content (AvgIpc) is 2.27. The number of aromatic nitrogens is 1. The van der Waals surface area contributed by atoms with Gasteiger partial charge >= 0.3 is 0 Å². The van der Waals surface area contributed by atoms with Gasteiger partial charge in [0, 0.05) is 0 Å². The van der Waals surface area contributed by atoms with Gasteiger partial charge in [0.15, 0.2) is 0 Å². The first-order valence-electron chi connectivity index (χ1n) is 4.65. The quantitative estimate of drug-likeness (QED) is 0.757. The highest BCUT2D eigenvalue weighted by atomic mass is 14.9. The first-order valence-corrected chi connectivity index (χ1v) is 4.65. The Morgan fingerprint density at radius 2 is 2.27 bits per heavy atom. The Labute approximate surface area is 90.1 Å². The van der Waals surface area contributed by atoms with Gasteiger partial charge in [0.05, 0.1) is 35.6 Å². The minimum Gasteiger partial charge on any atom is -0.373 e. The van der Waals surface area contributed by atoms with Gasteiger partial charge in [-0.05, 0) is 26.0 Å². The Bertz CT molecular complexity index is 404. The number of terminal acetylenes is 1. The van der Waals surface area contributed by atoms with E-state index in [1.54, 1.807) is 6.20 Å². The number of hydrogen-bond acceptors (Lipinski definition) is 3. The highest BCUT2D eigenvalue weighted by Gasteiger charge is 2.20. The molecule has 0 fully saturated rings. The monoisotopic (exact) mass is 199 g/mol. The smallest absolute Gasteiger partial charge is 0.0937 e. The van der Waals surface area contributed by atoms with E-state index in [0.29, 0.717) is 6.54 Å². The molecule has 1 heterocycles. The molecule has 3 nitrogen and oxygen atoms in total. The zero-order valence-corrected chi connectivity index (χ0v) is 8.91. The highest BCUT2D eigenvalue weighted by molar-refractivity contribution is 5.43. The van der Waals surface area contributed by atoms with Crippen molar-refractivity contribution in [2.75, 3.05) is 11.9 Å². The molecular formula is C12H13N3. The number of anilines is 1. The fourth-order valence-electron chi connectivity index (χ4n) is 1.08. The zero-order valence-electron chi connectivity index (χ0n) is 8.91. The van der Waals surface area contributed by atoms with Crippen molar-refractivity contribution in [3.8, 4) is 18.4 Å². The summed E-state index contributed by atoms with van der Waals surface area (Å²) in [4.78, 5) is 4.22. The second-order valence-electron chi connectivity index (χ2n) is 3.73. The number of hydrogen-bond donors (Lipinski definition) is 1. The molecule has 0 aliphatic rings. The fraction of sp³-hybridized carbons (Fsp3) is 0.333. The predicted molar refractivity (Wildman–Crippen MR) is 60.2 cm³/mol. The second-order valence-corrected chi connectivity index (χ2v) is 3.73. The van der Waals surface area contributed by atoms with Crippen molar-refractivity contribution in [3.63, 3.8) is 0 Å². The number of nitrogens with zero attached hydrogens (tertiary/aromatic N) is 2. The van der Waals surface area contributed by atoms with Crippen LogP contribution in [0.5, 0.6) is 0 Å². The van der Waals surface area contributed by atoms with Crippen molar-refractivity contribution in [1.29, 1.82) is 5.26 Å². The number of rotatable bonds is 3. The Morgan fingerprint density at radius 3 is 2.73 bits per heavy atom. The average molecular weight is 199 g/mol. The summed E-state index contributed by atoms with van der Waals surface area (Å²) in [7, 11) is 0. The van der Waals surface area contributed by atoms with Gasteiger partial charge in [-0.2, -0.15) is 5.26 Å². The van der Waals surface area contributed by atoms with Crippen molar-refractivity contribution in [2.24, 2.45) is 0 Å². The maximum atomic E-state index is 8.93. The molecule has 0 bridgehead atoms. The van der Waals surface area contributed by atoms with Gasteiger partial charge in [-0.25, -0.2) is 0 Å². The molecule has 1 rings (SSSR count). The first kappa shape index (κ1) is 11.1. The van der Waals surface area contributed by atoms with E-state index in [0.717, 1.165) is 11.4 Å². The molecule has 0 spiro atoms. The van der Waals surface area contributed by atoms with Crippen LogP contribution in [0.25, 0.3) is 0 Å². The van der Waals surface area contributed by atoms with Crippen molar-refractivity contribution in [3.05, 3.63) is 24.0 Å². The molecule has 0 saturated carbocycles. The third-order valence-electron chi connectivity index (χ3n) is 2.08. The summed E-state index contributed by atoms with van der Waals surface area (Å²) in [6.07, 6.45) is 6.81. The molecule has 1 N–H and O–H groups in total. The third kappa shape index (κ3) is 2.72. The van der Waals surface area contributed by atoms with Crippen LogP contribution in [0.4, 0.5) is 5.69 Å². The van der Waals surface area contributed by atoms with Crippen LogP contribution in [0.3, 0.4) is 0 Å². The minimum absolute atomic E-state index is 0.475. The maximum absolute atomic E-state index is 8.93. The summed E-state index contributed by atoms with van der Waals surface area (Å²) in [6, 6.07) is 5.91. The molecule has 0 unspecified atom stereocenters. The summed E-state index contributed by atoms with van der Waals surface area (Å²) in [5.41, 5.74) is 1.08. The molecule has 0 saturated heterocycles. The molecule has 1 aromatic heterocycles. The highest BCUT2D eigenvalue weighted by Crippen LogP contribution is 2.20. The molecule has 15 heavy (non-hydrogen) atoms.